The summed E-state index contributed by atoms with van der Waals surface area (Å²) < 4.78 is 9.88. The molecular formula is C16H30O4Si. The van der Waals surface area contributed by atoms with E-state index in [1.807, 2.05) is 0 Å². The summed E-state index contributed by atoms with van der Waals surface area (Å²) in [5.41, 5.74) is 0. The molecule has 0 atom stereocenters. The predicted octanol–water partition coefficient (Wildman–Crippen LogP) is 3.79. The molecule has 0 aromatic rings. The maximum Gasteiger partial charge on any atom is 0.320 e. The summed E-state index contributed by atoms with van der Waals surface area (Å²) in [4.78, 5) is 23.6. The van der Waals surface area contributed by atoms with Crippen LogP contribution in [0.4, 0.5) is 0 Å². The van der Waals surface area contributed by atoms with Crippen LogP contribution in [0.25, 0.3) is 0 Å². The fourth-order valence-electron chi connectivity index (χ4n) is 1.81. The van der Waals surface area contributed by atoms with Crippen molar-refractivity contribution in [2.75, 3.05) is 13.2 Å². The highest BCUT2D eigenvalue weighted by atomic mass is 28.3. The molecule has 0 aliphatic heterocycles. The van der Waals surface area contributed by atoms with Crippen molar-refractivity contribution < 1.29 is 19.1 Å². The molecule has 0 aliphatic rings. The topological polar surface area (TPSA) is 52.6 Å². The summed E-state index contributed by atoms with van der Waals surface area (Å²) in [6.07, 6.45) is 6.50. The molecular weight excluding hydrogens is 284 g/mol. The molecule has 0 aromatic carbocycles. The molecule has 5 heteroatoms. The molecule has 0 saturated carbocycles. The fourth-order valence-corrected chi connectivity index (χ4v) is 2.69. The lowest BCUT2D eigenvalue weighted by Gasteiger charge is -2.14. The van der Waals surface area contributed by atoms with Gasteiger partial charge in [-0.1, -0.05) is 31.8 Å². The summed E-state index contributed by atoms with van der Waals surface area (Å²) >= 11 is 0. The smallest absolute Gasteiger partial charge is 0.320 e. The fraction of sp³-hybridized carbons (Fsp3) is 0.750. The molecule has 0 bridgehead atoms. The van der Waals surface area contributed by atoms with Crippen LogP contribution in [0.15, 0.2) is 12.2 Å². The Balaban J connectivity index is 4.24. The van der Waals surface area contributed by atoms with Crippen LogP contribution in [-0.2, 0) is 19.1 Å². The Morgan fingerprint density at radius 3 is 1.95 bits per heavy atom. The first-order chi connectivity index (χ1) is 9.81. The van der Waals surface area contributed by atoms with Crippen LogP contribution in [0.3, 0.4) is 0 Å². The van der Waals surface area contributed by atoms with Gasteiger partial charge in [0.2, 0.25) is 0 Å². The van der Waals surface area contributed by atoms with Gasteiger partial charge in [0.1, 0.15) is 0 Å². The molecule has 0 aliphatic carbocycles. The van der Waals surface area contributed by atoms with Crippen molar-refractivity contribution >= 4 is 20.0 Å². The number of ether oxygens (including phenoxy) is 2. The molecule has 0 rings (SSSR count). The highest BCUT2D eigenvalue weighted by molar-refractivity contribution is 6.76. The standard InChI is InChI=1S/C16H30O4Si/c1-6-19-15(17)14(16(18)20-7-2)12-10-8-9-11-13-21(3,4)5/h9,11,14H,6-8,10,12-13H2,1-5H3/b11-9-. The van der Waals surface area contributed by atoms with Crippen LogP contribution in [0.2, 0.25) is 25.7 Å². The van der Waals surface area contributed by atoms with Gasteiger partial charge in [0, 0.05) is 8.07 Å². The Labute approximate surface area is 129 Å². The second-order valence-electron chi connectivity index (χ2n) is 6.22. The van der Waals surface area contributed by atoms with E-state index in [0.29, 0.717) is 6.42 Å². The Hall–Kier alpha value is -1.10. The van der Waals surface area contributed by atoms with Gasteiger partial charge in [0.25, 0.3) is 0 Å². The number of carbonyl (C=O) groups is 2. The second-order valence-corrected chi connectivity index (χ2v) is 11.8. The van der Waals surface area contributed by atoms with E-state index in [9.17, 15) is 9.59 Å². The van der Waals surface area contributed by atoms with E-state index < -0.39 is 25.9 Å². The first kappa shape index (κ1) is 19.9. The van der Waals surface area contributed by atoms with Gasteiger partial charge in [0.15, 0.2) is 5.92 Å². The molecule has 21 heavy (non-hydrogen) atoms. The summed E-state index contributed by atoms with van der Waals surface area (Å²) in [5.74, 6) is -1.72. The van der Waals surface area contributed by atoms with Gasteiger partial charge in [-0.2, -0.15) is 0 Å². The minimum Gasteiger partial charge on any atom is -0.465 e. The number of hydrogen-bond acceptors (Lipinski definition) is 4. The molecule has 0 amide bonds. The van der Waals surface area contributed by atoms with Crippen molar-refractivity contribution in [2.45, 2.75) is 58.8 Å². The third kappa shape index (κ3) is 10.3. The van der Waals surface area contributed by atoms with Crippen molar-refractivity contribution in [2.24, 2.45) is 5.92 Å². The van der Waals surface area contributed by atoms with Gasteiger partial charge >= 0.3 is 11.9 Å². The van der Waals surface area contributed by atoms with Gasteiger partial charge in [-0.25, -0.2) is 0 Å². The predicted molar refractivity (Wildman–Crippen MR) is 87.9 cm³/mol. The normalized spacial score (nSPS) is 11.9. The lowest BCUT2D eigenvalue weighted by Crippen LogP contribution is -2.28. The van der Waals surface area contributed by atoms with Crippen molar-refractivity contribution in [3.63, 3.8) is 0 Å². The van der Waals surface area contributed by atoms with Crippen molar-refractivity contribution in [3.8, 4) is 0 Å². The van der Waals surface area contributed by atoms with Gasteiger partial charge < -0.3 is 9.47 Å². The average Bonchev–Trinajstić information content (AvgIpc) is 2.36. The second kappa shape index (κ2) is 10.6. The third-order valence-electron chi connectivity index (χ3n) is 2.90. The highest BCUT2D eigenvalue weighted by Gasteiger charge is 2.28. The van der Waals surface area contributed by atoms with Crippen molar-refractivity contribution in [1.82, 2.24) is 0 Å². The third-order valence-corrected chi connectivity index (χ3v) is 4.36. The number of unbranched alkanes of at least 4 members (excludes halogenated alkanes) is 1. The van der Waals surface area contributed by atoms with E-state index >= 15 is 0 Å². The van der Waals surface area contributed by atoms with E-state index in [1.165, 1.54) is 0 Å². The molecule has 4 nitrogen and oxygen atoms in total. The highest BCUT2D eigenvalue weighted by Crippen LogP contribution is 2.14. The largest absolute Gasteiger partial charge is 0.465 e. The van der Waals surface area contributed by atoms with Crippen molar-refractivity contribution in [3.05, 3.63) is 12.2 Å². The summed E-state index contributed by atoms with van der Waals surface area (Å²) in [6.45, 7) is 11.0. The number of allylic oxidation sites excluding steroid dienone is 2. The molecule has 0 aromatic heterocycles. The van der Waals surface area contributed by atoms with E-state index in [-0.39, 0.29) is 13.2 Å². The number of hydrogen-bond donors (Lipinski definition) is 0. The van der Waals surface area contributed by atoms with E-state index in [4.69, 9.17) is 9.47 Å². The van der Waals surface area contributed by atoms with E-state index in [1.54, 1.807) is 13.8 Å². The number of rotatable bonds is 10. The molecule has 0 spiro atoms. The maximum atomic E-state index is 11.8. The van der Waals surface area contributed by atoms with Gasteiger partial charge in [-0.05, 0) is 39.2 Å². The Kier molecular flexibility index (Phi) is 10.0. The van der Waals surface area contributed by atoms with E-state index in [0.717, 1.165) is 18.9 Å². The lowest BCUT2D eigenvalue weighted by molar-refractivity contribution is -0.161. The minimum atomic E-state index is -1.03. The average molecular weight is 314 g/mol. The molecule has 0 unspecified atom stereocenters. The molecule has 122 valence electrons. The SMILES string of the molecule is CCOC(=O)C(CCC/C=C\C[Si](C)(C)C)C(=O)OCC. The first-order valence-corrected chi connectivity index (χ1v) is 11.5. The zero-order chi connectivity index (χ0) is 16.3. The Bertz CT molecular complexity index is 327. The lowest BCUT2D eigenvalue weighted by atomic mass is 10.0. The minimum absolute atomic E-state index is 0.283. The monoisotopic (exact) mass is 314 g/mol. The summed E-state index contributed by atoms with van der Waals surface area (Å²) in [6, 6.07) is 1.16. The van der Waals surface area contributed by atoms with Crippen LogP contribution in [0.1, 0.15) is 33.1 Å². The van der Waals surface area contributed by atoms with Crippen LogP contribution in [0, 0.1) is 5.92 Å². The summed E-state index contributed by atoms with van der Waals surface area (Å²) in [7, 11) is -1.03. The molecule has 0 saturated heterocycles. The Morgan fingerprint density at radius 1 is 1.00 bits per heavy atom. The van der Waals surface area contributed by atoms with Gasteiger partial charge in [-0.3, -0.25) is 9.59 Å². The zero-order valence-electron chi connectivity index (χ0n) is 14.1. The molecule has 0 N–H and O–H groups in total. The number of esters is 2. The quantitative estimate of drug-likeness (QED) is 0.202. The zero-order valence-corrected chi connectivity index (χ0v) is 15.1. The Morgan fingerprint density at radius 2 is 1.52 bits per heavy atom. The summed E-state index contributed by atoms with van der Waals surface area (Å²) in [5, 5.41) is 0. The molecule has 0 radical (unpaired) electrons. The first-order valence-electron chi connectivity index (χ1n) is 7.80. The van der Waals surface area contributed by atoms with Gasteiger partial charge in [0.05, 0.1) is 13.2 Å². The van der Waals surface area contributed by atoms with Crippen LogP contribution in [-0.4, -0.2) is 33.2 Å². The van der Waals surface area contributed by atoms with Gasteiger partial charge in [-0.15, -0.1) is 0 Å². The van der Waals surface area contributed by atoms with Crippen LogP contribution < -0.4 is 0 Å². The maximum absolute atomic E-state index is 11.8. The molecule has 0 heterocycles. The molecule has 0 fully saturated rings. The van der Waals surface area contributed by atoms with Crippen molar-refractivity contribution in [1.29, 1.82) is 0 Å². The number of carbonyl (C=O) groups excluding carboxylic acids is 2. The van der Waals surface area contributed by atoms with E-state index in [2.05, 4.69) is 31.8 Å². The van der Waals surface area contributed by atoms with Crippen LogP contribution in [0.5, 0.6) is 0 Å². The van der Waals surface area contributed by atoms with Crippen LogP contribution >= 0.6 is 0 Å².